The number of benzene rings is 1. The molecule has 1 aromatic rings. The molecule has 4 heteroatoms. The largest absolute Gasteiger partial charge is 0.481 e. The number of Topliss-reactive ketones (excluding diaryl/α,β-unsaturated/α-hetero) is 1. The summed E-state index contributed by atoms with van der Waals surface area (Å²) in [6.07, 6.45) is -0.443. The van der Waals surface area contributed by atoms with Crippen LogP contribution in [0.15, 0.2) is 18.2 Å². The summed E-state index contributed by atoms with van der Waals surface area (Å²) < 4.78 is 13.3. The highest BCUT2D eigenvalue weighted by atomic mass is 19.1. The summed E-state index contributed by atoms with van der Waals surface area (Å²) >= 11 is 0. The van der Waals surface area contributed by atoms with E-state index in [2.05, 4.69) is 0 Å². The van der Waals surface area contributed by atoms with Crippen molar-refractivity contribution in [2.75, 3.05) is 0 Å². The number of ketones is 1. The van der Waals surface area contributed by atoms with Gasteiger partial charge in [-0.15, -0.1) is 0 Å². The monoisotopic (exact) mass is 210 g/mol. The van der Waals surface area contributed by atoms with Gasteiger partial charge < -0.3 is 5.11 Å². The summed E-state index contributed by atoms with van der Waals surface area (Å²) in [4.78, 5) is 21.6. The van der Waals surface area contributed by atoms with E-state index in [0.717, 1.165) is 5.56 Å². The minimum absolute atomic E-state index is 0.0400. The van der Waals surface area contributed by atoms with E-state index in [-0.39, 0.29) is 18.4 Å². The van der Waals surface area contributed by atoms with Crippen molar-refractivity contribution in [1.29, 1.82) is 0 Å². The first-order chi connectivity index (χ1) is 7.00. The summed E-state index contributed by atoms with van der Waals surface area (Å²) in [6.45, 7) is 1.72. The number of aryl methyl sites for hydroxylation is 1. The normalized spacial score (nSPS) is 10.0. The highest BCUT2D eigenvalue weighted by Gasteiger charge is 2.12. The van der Waals surface area contributed by atoms with Gasteiger partial charge in [0.15, 0.2) is 5.78 Å². The van der Waals surface area contributed by atoms with Crippen LogP contribution in [-0.4, -0.2) is 16.9 Å². The van der Waals surface area contributed by atoms with Crippen LogP contribution in [0.25, 0.3) is 0 Å². The summed E-state index contributed by atoms with van der Waals surface area (Å²) in [5, 5.41) is 8.38. The van der Waals surface area contributed by atoms with Gasteiger partial charge >= 0.3 is 5.97 Å². The van der Waals surface area contributed by atoms with Gasteiger partial charge in [-0.1, -0.05) is 6.07 Å². The lowest BCUT2D eigenvalue weighted by Gasteiger charge is -2.01. The van der Waals surface area contributed by atoms with Gasteiger partial charge in [-0.05, 0) is 24.6 Å². The smallest absolute Gasteiger partial charge is 0.303 e. The van der Waals surface area contributed by atoms with Crippen LogP contribution in [0.2, 0.25) is 0 Å². The van der Waals surface area contributed by atoms with E-state index >= 15 is 0 Å². The molecule has 0 amide bonds. The van der Waals surface area contributed by atoms with E-state index in [0.29, 0.717) is 0 Å². The molecule has 0 aliphatic rings. The van der Waals surface area contributed by atoms with Gasteiger partial charge in [0.1, 0.15) is 5.82 Å². The lowest BCUT2D eigenvalue weighted by Crippen LogP contribution is -2.06. The number of aliphatic carboxylic acids is 1. The second kappa shape index (κ2) is 4.68. The SMILES string of the molecule is Cc1ccc(C(=O)CCC(=O)O)c(F)c1. The van der Waals surface area contributed by atoms with Gasteiger partial charge in [0, 0.05) is 6.42 Å². The van der Waals surface area contributed by atoms with Crippen molar-refractivity contribution in [3.8, 4) is 0 Å². The first-order valence-corrected chi connectivity index (χ1v) is 4.52. The average Bonchev–Trinajstić information content (AvgIpc) is 2.14. The first-order valence-electron chi connectivity index (χ1n) is 4.52. The molecule has 3 nitrogen and oxygen atoms in total. The molecular weight excluding hydrogens is 199 g/mol. The topological polar surface area (TPSA) is 54.4 Å². The van der Waals surface area contributed by atoms with Crippen molar-refractivity contribution >= 4 is 11.8 Å². The van der Waals surface area contributed by atoms with Gasteiger partial charge in [0.05, 0.1) is 12.0 Å². The maximum Gasteiger partial charge on any atom is 0.303 e. The quantitative estimate of drug-likeness (QED) is 0.775. The molecule has 1 rings (SSSR count). The highest BCUT2D eigenvalue weighted by Crippen LogP contribution is 2.12. The molecule has 0 aromatic heterocycles. The fourth-order valence-electron chi connectivity index (χ4n) is 1.20. The number of carbonyl (C=O) groups excluding carboxylic acids is 1. The first kappa shape index (κ1) is 11.4. The highest BCUT2D eigenvalue weighted by molar-refractivity contribution is 5.97. The maximum atomic E-state index is 13.3. The standard InChI is InChI=1S/C11H11FO3/c1-7-2-3-8(9(12)6-7)10(13)4-5-11(14)15/h2-3,6H,4-5H2,1H3,(H,14,15). The van der Waals surface area contributed by atoms with Gasteiger partial charge in [-0.2, -0.15) is 0 Å². The van der Waals surface area contributed by atoms with Gasteiger partial charge in [-0.3, -0.25) is 9.59 Å². The Kier molecular flexibility index (Phi) is 3.55. The summed E-state index contributed by atoms with van der Waals surface area (Å²) in [6, 6.07) is 4.26. The van der Waals surface area contributed by atoms with E-state index < -0.39 is 17.6 Å². The molecule has 0 aliphatic carbocycles. The molecule has 1 N–H and O–H groups in total. The van der Waals surface area contributed by atoms with Crippen molar-refractivity contribution in [3.05, 3.63) is 35.1 Å². The molecule has 0 atom stereocenters. The van der Waals surface area contributed by atoms with Crippen molar-refractivity contribution < 1.29 is 19.1 Å². The third-order valence-corrected chi connectivity index (χ3v) is 1.99. The van der Waals surface area contributed by atoms with Crippen molar-refractivity contribution in [3.63, 3.8) is 0 Å². The van der Waals surface area contributed by atoms with E-state index in [1.165, 1.54) is 12.1 Å². The fraction of sp³-hybridized carbons (Fsp3) is 0.273. The summed E-state index contributed by atoms with van der Waals surface area (Å²) in [7, 11) is 0. The molecule has 0 unspecified atom stereocenters. The lowest BCUT2D eigenvalue weighted by atomic mass is 10.0. The number of carboxylic acids is 1. The Morgan fingerprint density at radius 3 is 2.53 bits per heavy atom. The Morgan fingerprint density at radius 1 is 1.33 bits per heavy atom. The predicted octanol–water partition coefficient (Wildman–Crippen LogP) is 2.18. The molecule has 1 aromatic carbocycles. The van der Waals surface area contributed by atoms with Crippen LogP contribution in [0.1, 0.15) is 28.8 Å². The molecule has 0 spiro atoms. The van der Waals surface area contributed by atoms with Gasteiger partial charge in [0.2, 0.25) is 0 Å². The molecule has 0 saturated carbocycles. The zero-order valence-corrected chi connectivity index (χ0v) is 8.29. The van der Waals surface area contributed by atoms with Crippen LogP contribution >= 0.6 is 0 Å². The van der Waals surface area contributed by atoms with E-state index in [9.17, 15) is 14.0 Å². The third-order valence-electron chi connectivity index (χ3n) is 1.99. The molecule has 0 heterocycles. The third kappa shape index (κ3) is 3.16. The molecule has 0 saturated heterocycles. The number of hydrogen-bond acceptors (Lipinski definition) is 2. The summed E-state index contributed by atoms with van der Waals surface area (Å²) in [5.74, 6) is -2.13. The van der Waals surface area contributed by atoms with Gasteiger partial charge in [-0.25, -0.2) is 4.39 Å². The maximum absolute atomic E-state index is 13.3. The zero-order chi connectivity index (χ0) is 11.4. The molecule has 0 fully saturated rings. The van der Waals surface area contributed by atoms with E-state index in [4.69, 9.17) is 5.11 Å². The average molecular weight is 210 g/mol. The number of hydrogen-bond donors (Lipinski definition) is 1. The van der Waals surface area contributed by atoms with Crippen LogP contribution < -0.4 is 0 Å². The Hall–Kier alpha value is -1.71. The minimum atomic E-state index is -1.06. The molecule has 15 heavy (non-hydrogen) atoms. The number of halogens is 1. The van der Waals surface area contributed by atoms with E-state index in [1.807, 2.05) is 0 Å². The fourth-order valence-corrected chi connectivity index (χ4v) is 1.20. The van der Waals surface area contributed by atoms with Crippen LogP contribution in [0.5, 0.6) is 0 Å². The Morgan fingerprint density at radius 2 is 2.00 bits per heavy atom. The van der Waals surface area contributed by atoms with Crippen LogP contribution in [-0.2, 0) is 4.79 Å². The molecular formula is C11H11FO3. The van der Waals surface area contributed by atoms with Crippen molar-refractivity contribution in [2.45, 2.75) is 19.8 Å². The van der Waals surface area contributed by atoms with Gasteiger partial charge in [0.25, 0.3) is 0 Å². The second-order valence-electron chi connectivity index (χ2n) is 3.30. The van der Waals surface area contributed by atoms with Crippen LogP contribution in [0.3, 0.4) is 0 Å². The van der Waals surface area contributed by atoms with Crippen molar-refractivity contribution in [2.24, 2.45) is 0 Å². The van der Waals surface area contributed by atoms with Crippen LogP contribution in [0.4, 0.5) is 4.39 Å². The number of carboxylic acid groups (broad SMARTS) is 1. The number of carbonyl (C=O) groups is 2. The Bertz CT molecular complexity index is 399. The Labute approximate surface area is 86.5 Å². The zero-order valence-electron chi connectivity index (χ0n) is 8.29. The molecule has 0 aliphatic heterocycles. The summed E-state index contributed by atoms with van der Waals surface area (Å²) in [5.41, 5.74) is 0.684. The van der Waals surface area contributed by atoms with Crippen LogP contribution in [0, 0.1) is 12.7 Å². The molecule has 0 radical (unpaired) electrons. The molecule has 0 bridgehead atoms. The lowest BCUT2D eigenvalue weighted by molar-refractivity contribution is -0.136. The predicted molar refractivity (Wildman–Crippen MR) is 52.3 cm³/mol. The van der Waals surface area contributed by atoms with E-state index in [1.54, 1.807) is 13.0 Å². The second-order valence-corrected chi connectivity index (χ2v) is 3.30. The minimum Gasteiger partial charge on any atom is -0.481 e. The number of rotatable bonds is 4. The van der Waals surface area contributed by atoms with Crippen molar-refractivity contribution in [1.82, 2.24) is 0 Å². The Balaban J connectivity index is 2.78. The molecule has 80 valence electrons.